The Morgan fingerprint density at radius 1 is 1.41 bits per heavy atom. The number of nitrogens with zero attached hydrogens (tertiary/aromatic N) is 1. The second-order valence-corrected chi connectivity index (χ2v) is 6.90. The minimum absolute atomic E-state index is 0.269. The molecular weight excluding hydrogens is 285 g/mol. The van der Waals surface area contributed by atoms with Crippen LogP contribution in [0, 0.1) is 0 Å². The van der Waals surface area contributed by atoms with Crippen LogP contribution in [0.4, 0.5) is 9.18 Å². The smallest absolute Gasteiger partial charge is 0.412 e. The van der Waals surface area contributed by atoms with Crippen molar-refractivity contribution in [3.8, 4) is 0 Å². The number of ether oxygens (including phenoxy) is 2. The number of benzene rings is 1. The topological polar surface area (TPSA) is 38.8 Å². The summed E-state index contributed by atoms with van der Waals surface area (Å²) in [6.07, 6.45) is -0.313. The second-order valence-electron chi connectivity index (χ2n) is 6.90. The van der Waals surface area contributed by atoms with Gasteiger partial charge in [0.05, 0.1) is 6.61 Å². The van der Waals surface area contributed by atoms with Crippen molar-refractivity contribution in [2.45, 2.75) is 51.1 Å². The molecule has 0 spiro atoms. The van der Waals surface area contributed by atoms with Crippen molar-refractivity contribution >= 4 is 6.09 Å². The maximum Gasteiger partial charge on any atom is 0.412 e. The van der Waals surface area contributed by atoms with Crippen LogP contribution in [0.2, 0.25) is 0 Å². The quantitative estimate of drug-likeness (QED) is 0.744. The van der Waals surface area contributed by atoms with E-state index in [4.69, 9.17) is 9.47 Å². The van der Waals surface area contributed by atoms with Gasteiger partial charge in [-0.05, 0) is 38.3 Å². The molecule has 2 unspecified atom stereocenters. The summed E-state index contributed by atoms with van der Waals surface area (Å²) in [6, 6.07) is 7.69. The van der Waals surface area contributed by atoms with E-state index in [9.17, 15) is 4.79 Å². The highest BCUT2D eigenvalue weighted by molar-refractivity contribution is 5.70. The SMILES string of the molecule is CC(C)(C)OC(=O)N1CCC1(F)C1OCCc2ccccc21. The van der Waals surface area contributed by atoms with E-state index in [1.54, 1.807) is 20.8 Å². The third kappa shape index (κ3) is 2.58. The molecule has 1 saturated heterocycles. The molecule has 0 aromatic heterocycles. The third-order valence-corrected chi connectivity index (χ3v) is 4.14. The van der Waals surface area contributed by atoms with Crippen LogP contribution in [0.15, 0.2) is 24.3 Å². The predicted molar refractivity (Wildman–Crippen MR) is 80.2 cm³/mol. The van der Waals surface area contributed by atoms with Crippen molar-refractivity contribution in [1.82, 2.24) is 4.90 Å². The molecule has 5 heteroatoms. The van der Waals surface area contributed by atoms with Crippen LogP contribution in [-0.4, -0.2) is 35.5 Å². The Morgan fingerprint density at radius 3 is 2.77 bits per heavy atom. The molecule has 0 saturated carbocycles. The summed E-state index contributed by atoms with van der Waals surface area (Å²) in [7, 11) is 0. The number of hydrogen-bond acceptors (Lipinski definition) is 3. The zero-order valence-electron chi connectivity index (χ0n) is 13.3. The number of fused-ring (bicyclic) bond motifs is 1. The van der Waals surface area contributed by atoms with Crippen molar-refractivity contribution in [2.75, 3.05) is 13.2 Å². The third-order valence-electron chi connectivity index (χ3n) is 4.14. The molecule has 2 atom stereocenters. The first-order valence-corrected chi connectivity index (χ1v) is 7.70. The van der Waals surface area contributed by atoms with Gasteiger partial charge in [-0.2, -0.15) is 0 Å². The number of carbonyl (C=O) groups is 1. The normalized spacial score (nSPS) is 27.8. The standard InChI is InChI=1S/C17H22FNO3/c1-16(2,3)22-15(20)19-10-9-17(19,18)14-13-7-5-4-6-12(13)8-11-21-14/h4-7,14H,8-11H2,1-3H3. The maximum absolute atomic E-state index is 15.5. The summed E-state index contributed by atoms with van der Waals surface area (Å²) < 4.78 is 26.5. The Balaban J connectivity index is 1.84. The number of rotatable bonds is 1. The summed E-state index contributed by atoms with van der Waals surface area (Å²) in [5, 5.41) is 0. The van der Waals surface area contributed by atoms with Gasteiger partial charge in [-0.1, -0.05) is 24.3 Å². The van der Waals surface area contributed by atoms with Crippen molar-refractivity contribution in [3.63, 3.8) is 0 Å². The van der Waals surface area contributed by atoms with E-state index in [1.807, 2.05) is 24.3 Å². The van der Waals surface area contributed by atoms with Gasteiger partial charge in [0.2, 0.25) is 5.79 Å². The van der Waals surface area contributed by atoms with Crippen LogP contribution < -0.4 is 0 Å². The lowest BCUT2D eigenvalue weighted by Crippen LogP contribution is -2.64. The lowest BCUT2D eigenvalue weighted by Gasteiger charge is -2.51. The van der Waals surface area contributed by atoms with E-state index in [-0.39, 0.29) is 6.42 Å². The fourth-order valence-electron chi connectivity index (χ4n) is 3.03. The predicted octanol–water partition coefficient (Wildman–Crippen LogP) is 3.61. The molecule has 120 valence electrons. The van der Waals surface area contributed by atoms with Crippen molar-refractivity contribution < 1.29 is 18.7 Å². The van der Waals surface area contributed by atoms with Gasteiger partial charge in [0.15, 0.2) is 0 Å². The van der Waals surface area contributed by atoms with Gasteiger partial charge in [0.1, 0.15) is 11.7 Å². The summed E-state index contributed by atoms with van der Waals surface area (Å²) in [4.78, 5) is 13.4. The van der Waals surface area contributed by atoms with Crippen molar-refractivity contribution in [3.05, 3.63) is 35.4 Å². The van der Waals surface area contributed by atoms with E-state index >= 15 is 4.39 Å². The second kappa shape index (κ2) is 5.23. The van der Waals surface area contributed by atoms with Crippen molar-refractivity contribution in [1.29, 1.82) is 0 Å². The molecule has 3 rings (SSSR count). The molecule has 2 heterocycles. The van der Waals surface area contributed by atoms with E-state index in [0.29, 0.717) is 13.2 Å². The van der Waals surface area contributed by atoms with Gasteiger partial charge in [-0.15, -0.1) is 0 Å². The molecule has 4 nitrogen and oxygen atoms in total. The van der Waals surface area contributed by atoms with Gasteiger partial charge < -0.3 is 9.47 Å². The van der Waals surface area contributed by atoms with Crippen LogP contribution in [0.5, 0.6) is 0 Å². The molecule has 0 bridgehead atoms. The molecule has 1 fully saturated rings. The first-order valence-electron chi connectivity index (χ1n) is 7.70. The highest BCUT2D eigenvalue weighted by Crippen LogP contribution is 2.47. The van der Waals surface area contributed by atoms with Crippen LogP contribution in [0.1, 0.15) is 44.4 Å². The monoisotopic (exact) mass is 307 g/mol. The molecule has 1 aromatic carbocycles. The average molecular weight is 307 g/mol. The van der Waals surface area contributed by atoms with Gasteiger partial charge in [0, 0.05) is 13.0 Å². The van der Waals surface area contributed by atoms with E-state index in [2.05, 4.69) is 0 Å². The Hall–Kier alpha value is -1.62. The largest absolute Gasteiger partial charge is 0.444 e. The van der Waals surface area contributed by atoms with E-state index in [1.165, 1.54) is 0 Å². The Labute approximate surface area is 130 Å². The Morgan fingerprint density at radius 2 is 2.14 bits per heavy atom. The molecule has 2 aliphatic rings. The van der Waals surface area contributed by atoms with E-state index < -0.39 is 23.6 Å². The van der Waals surface area contributed by atoms with E-state index in [0.717, 1.165) is 22.4 Å². The van der Waals surface area contributed by atoms with Gasteiger partial charge in [-0.25, -0.2) is 9.18 Å². The number of carbonyl (C=O) groups excluding carboxylic acids is 1. The number of alkyl halides is 1. The lowest BCUT2D eigenvalue weighted by molar-refractivity contribution is -0.199. The Kier molecular flexibility index (Phi) is 3.63. The molecule has 0 N–H and O–H groups in total. The van der Waals surface area contributed by atoms with Crippen molar-refractivity contribution in [2.24, 2.45) is 0 Å². The summed E-state index contributed by atoms with van der Waals surface area (Å²) in [6.45, 7) is 6.15. The minimum Gasteiger partial charge on any atom is -0.444 e. The van der Waals surface area contributed by atoms with Gasteiger partial charge in [-0.3, -0.25) is 4.90 Å². The highest BCUT2D eigenvalue weighted by Gasteiger charge is 2.57. The van der Waals surface area contributed by atoms with Gasteiger partial charge >= 0.3 is 6.09 Å². The minimum atomic E-state index is -1.82. The Bertz CT molecular complexity index is 584. The number of likely N-dealkylation sites (tertiary alicyclic amines) is 1. The summed E-state index contributed by atoms with van der Waals surface area (Å²) >= 11 is 0. The first-order chi connectivity index (χ1) is 10.3. The molecule has 1 amide bonds. The molecule has 2 aliphatic heterocycles. The highest BCUT2D eigenvalue weighted by atomic mass is 19.1. The molecule has 1 aromatic rings. The number of halogens is 1. The first kappa shape index (κ1) is 15.3. The molecule has 0 radical (unpaired) electrons. The number of hydrogen-bond donors (Lipinski definition) is 0. The number of amides is 1. The van der Waals surface area contributed by atoms with Crippen LogP contribution in [0.25, 0.3) is 0 Å². The average Bonchev–Trinajstić information content (AvgIpc) is 2.42. The molecular formula is C17H22FNO3. The summed E-state index contributed by atoms with van der Waals surface area (Å²) in [5.74, 6) is -1.82. The molecule has 22 heavy (non-hydrogen) atoms. The van der Waals surface area contributed by atoms with Crippen LogP contribution in [-0.2, 0) is 15.9 Å². The maximum atomic E-state index is 15.5. The fourth-order valence-corrected chi connectivity index (χ4v) is 3.03. The zero-order valence-corrected chi connectivity index (χ0v) is 13.3. The fraction of sp³-hybridized carbons (Fsp3) is 0.588. The summed E-state index contributed by atoms with van der Waals surface area (Å²) in [5.41, 5.74) is 1.29. The van der Waals surface area contributed by atoms with Gasteiger partial charge in [0.25, 0.3) is 0 Å². The van der Waals surface area contributed by atoms with Crippen LogP contribution in [0.3, 0.4) is 0 Å². The zero-order chi connectivity index (χ0) is 16.0. The molecule has 0 aliphatic carbocycles. The van der Waals surface area contributed by atoms with Crippen LogP contribution >= 0.6 is 0 Å². The lowest BCUT2D eigenvalue weighted by atomic mass is 9.85.